The van der Waals surface area contributed by atoms with Crippen LogP contribution in [0.25, 0.3) is 0 Å². The Morgan fingerprint density at radius 2 is 2.31 bits per heavy atom. The fraction of sp³-hybridized carbons (Fsp3) is 0.500. The minimum atomic E-state index is 0.125. The Balaban J connectivity index is 2.09. The maximum absolute atomic E-state index is 12.2. The van der Waals surface area contributed by atoms with Crippen LogP contribution in [-0.4, -0.2) is 42.0 Å². The summed E-state index contributed by atoms with van der Waals surface area (Å²) in [7, 11) is 1.92. The summed E-state index contributed by atoms with van der Waals surface area (Å²) in [6.07, 6.45) is 5.52. The highest BCUT2D eigenvalue weighted by atomic mass is 16.2. The van der Waals surface area contributed by atoms with Gasteiger partial charge in [-0.05, 0) is 32.0 Å². The van der Waals surface area contributed by atoms with Gasteiger partial charge in [-0.2, -0.15) is 0 Å². The van der Waals surface area contributed by atoms with Gasteiger partial charge in [0.25, 0.3) is 5.91 Å². The van der Waals surface area contributed by atoms with Gasteiger partial charge in [0, 0.05) is 37.1 Å². The zero-order chi connectivity index (χ0) is 11.4. The molecule has 1 unspecified atom stereocenters. The van der Waals surface area contributed by atoms with E-state index in [9.17, 15) is 4.79 Å². The standard InChI is InChI=1S/C12H17N3O/c1-13-9-11-3-2-8-15(11)12(16)10-4-6-14-7-5-10/h4-7,11,13H,2-3,8-9H2,1H3. The molecule has 4 nitrogen and oxygen atoms in total. The topological polar surface area (TPSA) is 45.2 Å². The third kappa shape index (κ3) is 2.22. The number of amides is 1. The Labute approximate surface area is 95.7 Å². The van der Waals surface area contributed by atoms with E-state index in [1.165, 1.54) is 0 Å². The van der Waals surface area contributed by atoms with E-state index in [1.54, 1.807) is 24.5 Å². The molecule has 0 bridgehead atoms. The molecule has 1 fully saturated rings. The summed E-state index contributed by atoms with van der Waals surface area (Å²) < 4.78 is 0. The number of nitrogens with one attached hydrogen (secondary N) is 1. The SMILES string of the molecule is CNCC1CCCN1C(=O)c1ccncc1. The number of carbonyl (C=O) groups is 1. The Morgan fingerprint density at radius 1 is 1.56 bits per heavy atom. The molecule has 1 saturated heterocycles. The van der Waals surface area contributed by atoms with Crippen LogP contribution in [0.4, 0.5) is 0 Å². The molecular formula is C12H17N3O. The van der Waals surface area contributed by atoms with Crippen molar-refractivity contribution in [2.45, 2.75) is 18.9 Å². The Kier molecular flexibility index (Phi) is 3.51. The lowest BCUT2D eigenvalue weighted by Crippen LogP contribution is -2.40. The largest absolute Gasteiger partial charge is 0.334 e. The third-order valence-electron chi connectivity index (χ3n) is 3.01. The van der Waals surface area contributed by atoms with Gasteiger partial charge in [0.15, 0.2) is 0 Å². The molecule has 1 N–H and O–H groups in total. The van der Waals surface area contributed by atoms with Crippen LogP contribution in [0.15, 0.2) is 24.5 Å². The number of hydrogen-bond donors (Lipinski definition) is 1. The summed E-state index contributed by atoms with van der Waals surface area (Å²) >= 11 is 0. The monoisotopic (exact) mass is 219 g/mol. The highest BCUT2D eigenvalue weighted by Crippen LogP contribution is 2.19. The van der Waals surface area contributed by atoms with Crippen molar-refractivity contribution in [3.63, 3.8) is 0 Å². The molecule has 1 aromatic heterocycles. The summed E-state index contributed by atoms with van der Waals surface area (Å²) in [6, 6.07) is 3.89. The quantitative estimate of drug-likeness (QED) is 0.821. The van der Waals surface area contributed by atoms with Crippen molar-refractivity contribution >= 4 is 5.91 Å². The number of aromatic nitrogens is 1. The average molecular weight is 219 g/mol. The van der Waals surface area contributed by atoms with E-state index >= 15 is 0 Å². The Bertz CT molecular complexity index is 353. The number of carbonyl (C=O) groups excluding carboxylic acids is 1. The Hall–Kier alpha value is -1.42. The molecule has 1 aliphatic heterocycles. The third-order valence-corrected chi connectivity index (χ3v) is 3.01. The predicted octanol–water partition coefficient (Wildman–Crippen LogP) is 0.906. The molecule has 0 aromatic carbocycles. The van der Waals surface area contributed by atoms with Gasteiger partial charge in [-0.1, -0.05) is 0 Å². The maximum atomic E-state index is 12.2. The van der Waals surface area contributed by atoms with Crippen molar-refractivity contribution in [2.75, 3.05) is 20.1 Å². The van der Waals surface area contributed by atoms with Gasteiger partial charge in [0.1, 0.15) is 0 Å². The lowest BCUT2D eigenvalue weighted by molar-refractivity contribution is 0.0737. The fourth-order valence-electron chi connectivity index (χ4n) is 2.21. The average Bonchev–Trinajstić information content (AvgIpc) is 2.78. The molecule has 1 aliphatic rings. The van der Waals surface area contributed by atoms with Crippen LogP contribution in [0.1, 0.15) is 23.2 Å². The van der Waals surface area contributed by atoms with Crippen molar-refractivity contribution in [3.05, 3.63) is 30.1 Å². The summed E-state index contributed by atoms with van der Waals surface area (Å²) in [5, 5.41) is 3.14. The van der Waals surface area contributed by atoms with Crippen LogP contribution in [0, 0.1) is 0 Å². The van der Waals surface area contributed by atoms with Crippen LogP contribution in [0.3, 0.4) is 0 Å². The molecule has 0 radical (unpaired) electrons. The van der Waals surface area contributed by atoms with Gasteiger partial charge in [0.05, 0.1) is 0 Å². The molecule has 2 heterocycles. The number of pyridine rings is 1. The molecule has 2 rings (SSSR count). The molecule has 0 saturated carbocycles. The molecule has 1 amide bonds. The van der Waals surface area contributed by atoms with Crippen LogP contribution >= 0.6 is 0 Å². The smallest absolute Gasteiger partial charge is 0.254 e. The molecule has 0 aliphatic carbocycles. The van der Waals surface area contributed by atoms with Gasteiger partial charge in [-0.15, -0.1) is 0 Å². The zero-order valence-corrected chi connectivity index (χ0v) is 9.52. The van der Waals surface area contributed by atoms with Crippen LogP contribution in [0.2, 0.25) is 0 Å². The number of likely N-dealkylation sites (N-methyl/N-ethyl adjacent to an activating group) is 1. The second kappa shape index (κ2) is 5.07. The second-order valence-corrected chi connectivity index (χ2v) is 4.09. The van der Waals surface area contributed by atoms with Gasteiger partial charge in [-0.3, -0.25) is 9.78 Å². The number of rotatable bonds is 3. The van der Waals surface area contributed by atoms with E-state index in [1.807, 2.05) is 11.9 Å². The van der Waals surface area contributed by atoms with Crippen LogP contribution in [-0.2, 0) is 0 Å². The molecule has 1 aromatic rings. The van der Waals surface area contributed by atoms with Crippen molar-refractivity contribution in [2.24, 2.45) is 0 Å². The van der Waals surface area contributed by atoms with E-state index in [2.05, 4.69) is 10.3 Å². The van der Waals surface area contributed by atoms with Crippen molar-refractivity contribution in [1.29, 1.82) is 0 Å². The fourth-order valence-corrected chi connectivity index (χ4v) is 2.21. The lowest BCUT2D eigenvalue weighted by atomic mass is 10.2. The number of nitrogens with zero attached hydrogens (tertiary/aromatic N) is 2. The molecular weight excluding hydrogens is 202 g/mol. The van der Waals surface area contributed by atoms with Gasteiger partial charge < -0.3 is 10.2 Å². The first kappa shape index (κ1) is 11.1. The Morgan fingerprint density at radius 3 is 3.00 bits per heavy atom. The minimum absolute atomic E-state index is 0.125. The first-order valence-electron chi connectivity index (χ1n) is 5.68. The summed E-state index contributed by atoms with van der Waals surface area (Å²) in [6.45, 7) is 1.74. The molecule has 4 heteroatoms. The maximum Gasteiger partial charge on any atom is 0.254 e. The van der Waals surface area contributed by atoms with Crippen LogP contribution in [0.5, 0.6) is 0 Å². The van der Waals surface area contributed by atoms with Crippen molar-refractivity contribution in [1.82, 2.24) is 15.2 Å². The normalized spacial score (nSPS) is 20.1. The minimum Gasteiger partial charge on any atom is -0.334 e. The number of likely N-dealkylation sites (tertiary alicyclic amines) is 1. The van der Waals surface area contributed by atoms with E-state index in [-0.39, 0.29) is 5.91 Å². The van der Waals surface area contributed by atoms with Crippen LogP contribution < -0.4 is 5.32 Å². The highest BCUT2D eigenvalue weighted by molar-refractivity contribution is 5.94. The van der Waals surface area contributed by atoms with E-state index in [0.29, 0.717) is 6.04 Å². The summed E-state index contributed by atoms with van der Waals surface area (Å²) in [4.78, 5) is 18.1. The van der Waals surface area contributed by atoms with E-state index in [0.717, 1.165) is 31.5 Å². The molecule has 1 atom stereocenters. The predicted molar refractivity (Wildman–Crippen MR) is 62.2 cm³/mol. The first-order valence-corrected chi connectivity index (χ1v) is 5.68. The van der Waals surface area contributed by atoms with Gasteiger partial charge >= 0.3 is 0 Å². The summed E-state index contributed by atoms with van der Waals surface area (Å²) in [5.74, 6) is 0.125. The molecule has 86 valence electrons. The van der Waals surface area contributed by atoms with E-state index < -0.39 is 0 Å². The molecule has 0 spiro atoms. The lowest BCUT2D eigenvalue weighted by Gasteiger charge is -2.24. The zero-order valence-electron chi connectivity index (χ0n) is 9.52. The van der Waals surface area contributed by atoms with Crippen molar-refractivity contribution in [3.8, 4) is 0 Å². The summed E-state index contributed by atoms with van der Waals surface area (Å²) in [5.41, 5.74) is 0.734. The number of hydrogen-bond acceptors (Lipinski definition) is 3. The van der Waals surface area contributed by atoms with Crippen molar-refractivity contribution < 1.29 is 4.79 Å². The second-order valence-electron chi connectivity index (χ2n) is 4.09. The highest BCUT2D eigenvalue weighted by Gasteiger charge is 2.28. The van der Waals surface area contributed by atoms with Gasteiger partial charge in [-0.25, -0.2) is 0 Å². The first-order chi connectivity index (χ1) is 7.83. The van der Waals surface area contributed by atoms with Gasteiger partial charge in [0.2, 0.25) is 0 Å². The van der Waals surface area contributed by atoms with E-state index in [4.69, 9.17) is 0 Å². The molecule has 16 heavy (non-hydrogen) atoms.